The first-order valence-corrected chi connectivity index (χ1v) is 9.39. The number of aromatic nitrogens is 2. The number of rotatable bonds is 6. The molecule has 0 aliphatic carbocycles. The minimum Gasteiger partial charge on any atom is -0.486 e. The van der Waals surface area contributed by atoms with Crippen LogP contribution in [0, 0.1) is 22.7 Å². The Morgan fingerprint density at radius 3 is 2.50 bits per heavy atom. The van der Waals surface area contributed by atoms with Crippen LogP contribution in [-0.2, 0) is 0 Å². The second-order valence-electron chi connectivity index (χ2n) is 5.88. The summed E-state index contributed by atoms with van der Waals surface area (Å²) in [5.41, 5.74) is 0.879. The number of pyridine rings is 2. The summed E-state index contributed by atoms with van der Waals surface area (Å²) in [4.78, 5) is 10.2. The lowest BCUT2D eigenvalue weighted by Gasteiger charge is -2.36. The summed E-state index contributed by atoms with van der Waals surface area (Å²) in [5.74, 6) is 0.443. The fourth-order valence-corrected chi connectivity index (χ4v) is 3.29. The zero-order valence-corrected chi connectivity index (χ0v) is 15.5. The van der Waals surface area contributed by atoms with Crippen molar-refractivity contribution in [3.8, 4) is 29.1 Å². The Bertz CT molecular complexity index is 950. The number of anilines is 1. The normalized spacial score (nSPS) is 13.8. The van der Waals surface area contributed by atoms with Gasteiger partial charge in [0.2, 0.25) is 0 Å². The van der Waals surface area contributed by atoms with Crippen molar-refractivity contribution in [2.75, 3.05) is 30.9 Å². The van der Waals surface area contributed by atoms with Crippen LogP contribution in [0.4, 0.5) is 19.0 Å². The summed E-state index contributed by atoms with van der Waals surface area (Å²) in [6.07, 6.45) is -0.613. The third-order valence-electron chi connectivity index (χ3n) is 4.07. The third kappa shape index (κ3) is 3.82. The number of halogens is 3. The van der Waals surface area contributed by atoms with E-state index in [2.05, 4.69) is 16.0 Å². The Balaban J connectivity index is 2.09. The Morgan fingerprint density at radius 2 is 2.00 bits per heavy atom. The molecule has 0 N–H and O–H groups in total. The summed E-state index contributed by atoms with van der Waals surface area (Å²) < 4.78 is 42.8. The van der Waals surface area contributed by atoms with Gasteiger partial charge in [-0.05, 0) is 18.4 Å². The van der Waals surface area contributed by atoms with Crippen LogP contribution < -0.4 is 9.64 Å². The molecule has 0 radical (unpaired) electrons. The molecule has 0 unspecified atom stereocenters. The van der Waals surface area contributed by atoms with E-state index in [9.17, 15) is 23.7 Å². The molecular formula is C18H14F3N5OS. The molecule has 2 aromatic rings. The summed E-state index contributed by atoms with van der Waals surface area (Å²) in [5, 5.41) is 19.7. The summed E-state index contributed by atoms with van der Waals surface area (Å²) >= 11 is 1.23. The van der Waals surface area contributed by atoms with Crippen molar-refractivity contribution in [2.24, 2.45) is 0 Å². The molecule has 144 valence electrons. The monoisotopic (exact) mass is 405 g/mol. The molecule has 0 atom stereocenters. The molecule has 3 rings (SSSR count). The Hall–Kier alpha value is -2.98. The predicted octanol–water partition coefficient (Wildman–Crippen LogP) is 3.41. The predicted molar refractivity (Wildman–Crippen MR) is 97.3 cm³/mol. The first kappa shape index (κ1) is 19.8. The molecule has 0 saturated carbocycles. The van der Waals surface area contributed by atoms with Gasteiger partial charge in [0.25, 0.3) is 6.43 Å². The first-order valence-electron chi connectivity index (χ1n) is 8.17. The Labute approximate surface area is 163 Å². The standard InChI is InChI=1S/C18H14F3N5OS/c1-28-18-13(5-23)16(12(4-22)17(25-18)26-7-10(19)8-26)14-3-2-11(6-24-14)27-9-15(20)21/h2-3,6,10,15H,7-9H2,1H3. The lowest BCUT2D eigenvalue weighted by Crippen LogP contribution is -2.49. The fraction of sp³-hybridized carbons (Fsp3) is 0.333. The molecule has 0 bridgehead atoms. The van der Waals surface area contributed by atoms with E-state index in [-0.39, 0.29) is 35.5 Å². The van der Waals surface area contributed by atoms with E-state index in [4.69, 9.17) is 4.74 Å². The van der Waals surface area contributed by atoms with Crippen LogP contribution in [0.15, 0.2) is 23.4 Å². The third-order valence-corrected chi connectivity index (χ3v) is 4.75. The van der Waals surface area contributed by atoms with Gasteiger partial charge in [-0.2, -0.15) is 10.5 Å². The summed E-state index contributed by atoms with van der Waals surface area (Å²) in [6, 6.07) is 7.03. The second-order valence-corrected chi connectivity index (χ2v) is 6.67. The van der Waals surface area contributed by atoms with Gasteiger partial charge < -0.3 is 9.64 Å². The topological polar surface area (TPSA) is 85.8 Å². The average Bonchev–Trinajstić information content (AvgIpc) is 2.68. The van der Waals surface area contributed by atoms with E-state index < -0.39 is 19.2 Å². The molecule has 1 aliphatic rings. The van der Waals surface area contributed by atoms with Crippen molar-refractivity contribution >= 4 is 17.6 Å². The summed E-state index contributed by atoms with van der Waals surface area (Å²) in [6.45, 7) is -0.521. The van der Waals surface area contributed by atoms with Gasteiger partial charge in [0.15, 0.2) is 0 Å². The minimum atomic E-state index is -2.61. The molecule has 1 fully saturated rings. The maximum absolute atomic E-state index is 13.3. The van der Waals surface area contributed by atoms with E-state index in [1.165, 1.54) is 30.1 Å². The highest BCUT2D eigenvalue weighted by molar-refractivity contribution is 7.98. The van der Waals surface area contributed by atoms with Crippen molar-refractivity contribution in [1.29, 1.82) is 10.5 Å². The number of alkyl halides is 3. The van der Waals surface area contributed by atoms with Crippen LogP contribution in [0.2, 0.25) is 0 Å². The SMILES string of the molecule is CSc1nc(N2CC(F)C2)c(C#N)c(-c2ccc(OCC(F)F)cn2)c1C#N. The van der Waals surface area contributed by atoms with E-state index in [0.29, 0.717) is 16.5 Å². The van der Waals surface area contributed by atoms with Gasteiger partial charge in [0.1, 0.15) is 47.1 Å². The number of nitriles is 2. The maximum atomic E-state index is 13.3. The molecule has 0 spiro atoms. The molecule has 0 amide bonds. The van der Waals surface area contributed by atoms with Gasteiger partial charge in [-0.1, -0.05) is 0 Å². The summed E-state index contributed by atoms with van der Waals surface area (Å²) in [7, 11) is 0. The number of nitrogens with zero attached hydrogens (tertiary/aromatic N) is 5. The Morgan fingerprint density at radius 1 is 1.29 bits per heavy atom. The highest BCUT2D eigenvalue weighted by Gasteiger charge is 2.32. The smallest absolute Gasteiger partial charge is 0.272 e. The van der Waals surface area contributed by atoms with E-state index in [0.717, 1.165) is 0 Å². The number of hydrogen-bond donors (Lipinski definition) is 0. The highest BCUT2D eigenvalue weighted by Crippen LogP contribution is 2.38. The number of thioether (sulfide) groups is 1. The van der Waals surface area contributed by atoms with E-state index in [1.54, 1.807) is 11.2 Å². The van der Waals surface area contributed by atoms with Crippen LogP contribution in [-0.4, -0.2) is 48.5 Å². The quantitative estimate of drug-likeness (QED) is 0.681. The van der Waals surface area contributed by atoms with Crippen molar-refractivity contribution in [2.45, 2.75) is 17.6 Å². The van der Waals surface area contributed by atoms with Crippen LogP contribution in [0.5, 0.6) is 5.75 Å². The van der Waals surface area contributed by atoms with Gasteiger partial charge in [-0.15, -0.1) is 11.8 Å². The molecule has 3 heterocycles. The molecule has 0 aromatic carbocycles. The molecule has 2 aromatic heterocycles. The van der Waals surface area contributed by atoms with Crippen LogP contribution in [0.25, 0.3) is 11.3 Å². The van der Waals surface area contributed by atoms with E-state index in [1.807, 2.05) is 6.07 Å². The zero-order valence-electron chi connectivity index (χ0n) is 14.7. The van der Waals surface area contributed by atoms with Crippen LogP contribution >= 0.6 is 11.8 Å². The minimum absolute atomic E-state index is 0.120. The van der Waals surface area contributed by atoms with E-state index >= 15 is 0 Å². The number of ether oxygens (including phenoxy) is 1. The molecule has 1 saturated heterocycles. The van der Waals surface area contributed by atoms with Crippen molar-refractivity contribution in [3.05, 3.63) is 29.5 Å². The lowest BCUT2D eigenvalue weighted by molar-refractivity contribution is 0.0817. The van der Waals surface area contributed by atoms with Crippen LogP contribution in [0.3, 0.4) is 0 Å². The van der Waals surface area contributed by atoms with Gasteiger partial charge in [-0.3, -0.25) is 4.98 Å². The van der Waals surface area contributed by atoms with Crippen LogP contribution in [0.1, 0.15) is 11.1 Å². The van der Waals surface area contributed by atoms with Gasteiger partial charge in [-0.25, -0.2) is 18.2 Å². The van der Waals surface area contributed by atoms with Crippen molar-refractivity contribution in [1.82, 2.24) is 9.97 Å². The Kier molecular flexibility index (Phi) is 5.90. The van der Waals surface area contributed by atoms with Crippen molar-refractivity contribution < 1.29 is 17.9 Å². The zero-order chi connectivity index (χ0) is 20.3. The lowest BCUT2D eigenvalue weighted by atomic mass is 9.99. The number of hydrogen-bond acceptors (Lipinski definition) is 7. The fourth-order valence-electron chi connectivity index (χ4n) is 2.76. The average molecular weight is 405 g/mol. The molecule has 28 heavy (non-hydrogen) atoms. The molecule has 1 aliphatic heterocycles. The molecule has 10 heteroatoms. The molecule has 6 nitrogen and oxygen atoms in total. The second kappa shape index (κ2) is 8.36. The largest absolute Gasteiger partial charge is 0.486 e. The van der Waals surface area contributed by atoms with Gasteiger partial charge >= 0.3 is 0 Å². The van der Waals surface area contributed by atoms with Gasteiger partial charge in [0, 0.05) is 5.56 Å². The first-order chi connectivity index (χ1) is 13.5. The highest BCUT2D eigenvalue weighted by atomic mass is 32.2. The molecular weight excluding hydrogens is 391 g/mol. The van der Waals surface area contributed by atoms with Crippen molar-refractivity contribution in [3.63, 3.8) is 0 Å². The van der Waals surface area contributed by atoms with Gasteiger partial charge in [0.05, 0.1) is 30.5 Å². The maximum Gasteiger partial charge on any atom is 0.272 e.